The molecule has 0 unspecified atom stereocenters. The summed E-state index contributed by atoms with van der Waals surface area (Å²) in [6.45, 7) is -1.19. The Labute approximate surface area is 171 Å². The number of nitrogens with one attached hydrogen (secondary N) is 2. The lowest BCUT2D eigenvalue weighted by molar-refractivity contribution is -0.0498. The van der Waals surface area contributed by atoms with Crippen LogP contribution in [0.15, 0.2) is 65.4 Å². The van der Waals surface area contributed by atoms with E-state index in [1.165, 1.54) is 23.5 Å². The SMILES string of the molecule is C[C@@](O)(CNC(=O)c1ccccc1Nc1ccc(OC(F)F)cc1)c1ccsc1. The molecule has 3 N–H and O–H groups in total. The summed E-state index contributed by atoms with van der Waals surface area (Å²) in [5.74, 6) is -0.298. The van der Waals surface area contributed by atoms with Crippen molar-refractivity contribution in [2.24, 2.45) is 0 Å². The third kappa shape index (κ3) is 5.52. The van der Waals surface area contributed by atoms with Crippen LogP contribution in [0.4, 0.5) is 20.2 Å². The monoisotopic (exact) mass is 418 g/mol. The van der Waals surface area contributed by atoms with Crippen LogP contribution in [0.2, 0.25) is 0 Å². The molecule has 0 radical (unpaired) electrons. The van der Waals surface area contributed by atoms with E-state index in [9.17, 15) is 18.7 Å². The third-order valence-electron chi connectivity index (χ3n) is 4.27. The lowest BCUT2D eigenvalue weighted by Gasteiger charge is -2.23. The molecule has 1 heterocycles. The van der Waals surface area contributed by atoms with Crippen LogP contribution in [-0.4, -0.2) is 24.2 Å². The van der Waals surface area contributed by atoms with Crippen LogP contribution in [0.25, 0.3) is 0 Å². The van der Waals surface area contributed by atoms with Gasteiger partial charge in [0.05, 0.1) is 17.8 Å². The fourth-order valence-corrected chi connectivity index (χ4v) is 3.47. The molecule has 0 aliphatic rings. The highest BCUT2D eigenvalue weighted by Crippen LogP contribution is 2.25. The molecular weight excluding hydrogens is 398 g/mol. The summed E-state index contributed by atoms with van der Waals surface area (Å²) in [6.07, 6.45) is 0. The number of anilines is 2. The summed E-state index contributed by atoms with van der Waals surface area (Å²) in [5.41, 5.74) is 1.10. The number of carbonyl (C=O) groups excluding carboxylic acids is 1. The van der Waals surface area contributed by atoms with Crippen LogP contribution < -0.4 is 15.4 Å². The molecule has 0 aliphatic heterocycles. The maximum Gasteiger partial charge on any atom is 0.387 e. The topological polar surface area (TPSA) is 70.6 Å². The zero-order chi connectivity index (χ0) is 20.9. The number of thiophene rings is 1. The van der Waals surface area contributed by atoms with E-state index in [0.717, 1.165) is 5.56 Å². The predicted molar refractivity (Wildman–Crippen MR) is 109 cm³/mol. The molecule has 1 aromatic heterocycles. The summed E-state index contributed by atoms with van der Waals surface area (Å²) < 4.78 is 28.8. The lowest BCUT2D eigenvalue weighted by atomic mass is 9.99. The minimum Gasteiger partial charge on any atom is -0.435 e. The van der Waals surface area contributed by atoms with Gasteiger partial charge in [-0.2, -0.15) is 20.1 Å². The quantitative estimate of drug-likeness (QED) is 0.495. The van der Waals surface area contributed by atoms with Gasteiger partial charge < -0.3 is 20.5 Å². The lowest BCUT2D eigenvalue weighted by Crippen LogP contribution is -2.38. The van der Waals surface area contributed by atoms with E-state index in [1.807, 2.05) is 16.8 Å². The first-order valence-electron chi connectivity index (χ1n) is 8.79. The van der Waals surface area contributed by atoms with E-state index in [-0.39, 0.29) is 18.2 Å². The number of hydrogen-bond acceptors (Lipinski definition) is 5. The second-order valence-corrected chi connectivity index (χ2v) is 7.32. The van der Waals surface area contributed by atoms with E-state index in [2.05, 4.69) is 15.4 Å². The number of alkyl halides is 2. The number of rotatable bonds is 8. The minimum atomic E-state index is -2.88. The van der Waals surface area contributed by atoms with Crippen molar-refractivity contribution in [1.29, 1.82) is 0 Å². The molecule has 0 bridgehead atoms. The second-order valence-electron chi connectivity index (χ2n) is 6.54. The van der Waals surface area contributed by atoms with E-state index < -0.39 is 12.2 Å². The molecule has 0 saturated heterocycles. The highest BCUT2D eigenvalue weighted by molar-refractivity contribution is 7.08. The Morgan fingerprint density at radius 3 is 2.55 bits per heavy atom. The van der Waals surface area contributed by atoms with Crippen LogP contribution in [0, 0.1) is 0 Å². The van der Waals surface area contributed by atoms with Crippen LogP contribution in [0.5, 0.6) is 5.75 Å². The Morgan fingerprint density at radius 1 is 1.17 bits per heavy atom. The highest BCUT2D eigenvalue weighted by Gasteiger charge is 2.25. The maximum atomic E-state index is 12.7. The molecule has 2 aromatic carbocycles. The molecular formula is C21H20F2N2O3S. The van der Waals surface area contributed by atoms with E-state index in [1.54, 1.807) is 43.3 Å². The fourth-order valence-electron chi connectivity index (χ4n) is 2.69. The number of aliphatic hydroxyl groups is 1. The number of para-hydroxylation sites is 1. The summed E-state index contributed by atoms with van der Waals surface area (Å²) in [4.78, 5) is 12.7. The molecule has 1 atom stereocenters. The summed E-state index contributed by atoms with van der Waals surface area (Å²) in [5, 5.41) is 20.1. The normalized spacial score (nSPS) is 13.0. The number of carbonyl (C=O) groups is 1. The van der Waals surface area contributed by atoms with Crippen molar-refractivity contribution < 1.29 is 23.4 Å². The van der Waals surface area contributed by atoms with Gasteiger partial charge in [0.15, 0.2) is 0 Å². The van der Waals surface area contributed by atoms with Crippen molar-refractivity contribution in [2.75, 3.05) is 11.9 Å². The Hall–Kier alpha value is -2.97. The molecule has 1 amide bonds. The Morgan fingerprint density at radius 2 is 1.90 bits per heavy atom. The zero-order valence-electron chi connectivity index (χ0n) is 15.6. The van der Waals surface area contributed by atoms with E-state index in [0.29, 0.717) is 16.9 Å². The van der Waals surface area contributed by atoms with Gasteiger partial charge >= 0.3 is 6.61 Å². The first-order chi connectivity index (χ1) is 13.8. The number of halogens is 2. The average Bonchev–Trinajstić information content (AvgIpc) is 3.24. The molecule has 0 spiro atoms. The molecule has 3 rings (SSSR count). The van der Waals surface area contributed by atoms with E-state index in [4.69, 9.17) is 0 Å². The molecule has 0 fully saturated rings. The summed E-state index contributed by atoms with van der Waals surface area (Å²) in [7, 11) is 0. The van der Waals surface area contributed by atoms with Crippen LogP contribution in [0.1, 0.15) is 22.8 Å². The molecule has 152 valence electrons. The summed E-state index contributed by atoms with van der Waals surface area (Å²) >= 11 is 1.47. The average molecular weight is 418 g/mol. The van der Waals surface area contributed by atoms with Crippen molar-refractivity contribution in [2.45, 2.75) is 19.1 Å². The highest BCUT2D eigenvalue weighted by atomic mass is 32.1. The predicted octanol–water partition coefficient (Wildman–Crippen LogP) is 4.73. The van der Waals surface area contributed by atoms with Crippen molar-refractivity contribution in [1.82, 2.24) is 5.32 Å². The first-order valence-corrected chi connectivity index (χ1v) is 9.73. The zero-order valence-corrected chi connectivity index (χ0v) is 16.4. The van der Waals surface area contributed by atoms with Gasteiger partial charge in [0, 0.05) is 5.69 Å². The van der Waals surface area contributed by atoms with Crippen LogP contribution in [-0.2, 0) is 5.60 Å². The molecule has 8 heteroatoms. The Kier molecular flexibility index (Phi) is 6.46. The van der Waals surface area contributed by atoms with Gasteiger partial charge in [0.1, 0.15) is 11.4 Å². The molecule has 5 nitrogen and oxygen atoms in total. The van der Waals surface area contributed by atoms with Gasteiger partial charge in [-0.15, -0.1) is 0 Å². The third-order valence-corrected chi connectivity index (χ3v) is 4.95. The van der Waals surface area contributed by atoms with Gasteiger partial charge in [-0.25, -0.2) is 0 Å². The smallest absolute Gasteiger partial charge is 0.387 e. The number of amides is 1. The molecule has 29 heavy (non-hydrogen) atoms. The molecule has 3 aromatic rings. The molecule has 0 saturated carbocycles. The van der Waals surface area contributed by atoms with Crippen LogP contribution >= 0.6 is 11.3 Å². The fraction of sp³-hybridized carbons (Fsp3) is 0.190. The first kappa shape index (κ1) is 20.8. The summed E-state index contributed by atoms with van der Waals surface area (Å²) in [6, 6.07) is 14.7. The number of benzene rings is 2. The second kappa shape index (κ2) is 9.02. The Balaban J connectivity index is 1.69. The Bertz CT molecular complexity index is 945. The minimum absolute atomic E-state index is 0.0484. The van der Waals surface area contributed by atoms with Crippen LogP contribution in [0.3, 0.4) is 0 Å². The van der Waals surface area contributed by atoms with Gasteiger partial charge in [0.2, 0.25) is 0 Å². The number of hydrogen-bond donors (Lipinski definition) is 3. The van der Waals surface area contributed by atoms with E-state index >= 15 is 0 Å². The van der Waals surface area contributed by atoms with Gasteiger partial charge in [0.25, 0.3) is 5.91 Å². The maximum absolute atomic E-state index is 12.7. The van der Waals surface area contributed by atoms with Gasteiger partial charge in [-0.3, -0.25) is 4.79 Å². The standard InChI is InChI=1S/C21H20F2N2O3S/c1-21(27,14-10-11-29-12-14)13-24-19(26)17-4-2-3-5-18(17)25-15-6-8-16(9-7-15)28-20(22)23/h2-12,20,25,27H,13H2,1H3,(H,24,26)/t21-/m1/s1. The van der Waals surface area contributed by atoms with Crippen molar-refractivity contribution in [3.63, 3.8) is 0 Å². The van der Waals surface area contributed by atoms with Gasteiger partial charge in [-0.05, 0) is 65.7 Å². The largest absolute Gasteiger partial charge is 0.435 e. The van der Waals surface area contributed by atoms with Crippen molar-refractivity contribution in [3.8, 4) is 5.75 Å². The van der Waals surface area contributed by atoms with Crippen molar-refractivity contribution in [3.05, 3.63) is 76.5 Å². The molecule has 0 aliphatic carbocycles. The van der Waals surface area contributed by atoms with Crippen molar-refractivity contribution >= 4 is 28.6 Å². The number of ether oxygens (including phenoxy) is 1. The van der Waals surface area contributed by atoms with Gasteiger partial charge in [-0.1, -0.05) is 12.1 Å².